The molecule has 0 saturated carbocycles. The van der Waals surface area contributed by atoms with E-state index in [1.807, 2.05) is 72.8 Å². The summed E-state index contributed by atoms with van der Waals surface area (Å²) in [5.41, 5.74) is 3.83. The van der Waals surface area contributed by atoms with Gasteiger partial charge in [0.05, 0.1) is 43.7 Å². The summed E-state index contributed by atoms with van der Waals surface area (Å²) in [6.07, 6.45) is 1.80. The second kappa shape index (κ2) is 14.6. The summed E-state index contributed by atoms with van der Waals surface area (Å²) in [5, 5.41) is 10.1. The summed E-state index contributed by atoms with van der Waals surface area (Å²) in [5.74, 6) is 0.0425. The lowest BCUT2D eigenvalue weighted by Gasteiger charge is -2.26. The van der Waals surface area contributed by atoms with E-state index in [1.54, 1.807) is 35.8 Å². The van der Waals surface area contributed by atoms with Crippen LogP contribution in [-0.4, -0.2) is 17.1 Å². The Bertz CT molecular complexity index is 2260. The van der Waals surface area contributed by atoms with Crippen molar-refractivity contribution in [3.63, 3.8) is 0 Å². The Morgan fingerprint density at radius 1 is 1.06 bits per heavy atom. The predicted octanol–water partition coefficient (Wildman–Crippen LogP) is 7.25. The number of halogens is 3. The van der Waals surface area contributed by atoms with Crippen molar-refractivity contribution < 1.29 is 14.3 Å². The van der Waals surface area contributed by atoms with E-state index in [-0.39, 0.29) is 24.3 Å². The van der Waals surface area contributed by atoms with Gasteiger partial charge in [0.15, 0.2) is 4.80 Å². The zero-order chi connectivity index (χ0) is 33.1. The molecule has 47 heavy (non-hydrogen) atoms. The average molecular weight is 884 g/mol. The Kier molecular flexibility index (Phi) is 10.3. The number of hydrogen-bond donors (Lipinski definition) is 0. The highest BCUT2D eigenvalue weighted by Crippen LogP contribution is 2.36. The number of aromatic nitrogens is 1. The van der Waals surface area contributed by atoms with E-state index in [1.165, 1.54) is 11.3 Å². The second-order valence-corrected chi connectivity index (χ2v) is 14.2. The van der Waals surface area contributed by atoms with Crippen LogP contribution >= 0.6 is 68.1 Å². The summed E-state index contributed by atoms with van der Waals surface area (Å²) in [7, 11) is 0. The van der Waals surface area contributed by atoms with Crippen molar-refractivity contribution in [3.8, 4) is 11.8 Å². The number of fused-ring (bicyclic) bond motifs is 1. The van der Waals surface area contributed by atoms with Gasteiger partial charge in [-0.25, -0.2) is 9.79 Å². The SMILES string of the molecule is CCOC(=O)C1=C(c2ccccc2)N=c2s/c(=C\c3cc(I)cc(I)c3OCc3ccccc3C#N)c(=O)n2[C@H]1c1ccc(Cl)cc1. The lowest BCUT2D eigenvalue weighted by atomic mass is 9.93. The van der Waals surface area contributed by atoms with Gasteiger partial charge in [0.1, 0.15) is 12.4 Å². The minimum atomic E-state index is -0.811. The fraction of sp³-hybridized carbons (Fsp3) is 0.111. The number of carbonyl (C=O) groups excluding carboxylic acids is 1. The minimum absolute atomic E-state index is 0.162. The van der Waals surface area contributed by atoms with Crippen molar-refractivity contribution in [2.24, 2.45) is 4.99 Å². The highest BCUT2D eigenvalue weighted by molar-refractivity contribution is 14.1. The average Bonchev–Trinajstić information content (AvgIpc) is 3.38. The van der Waals surface area contributed by atoms with Crippen molar-refractivity contribution in [3.05, 3.63) is 156 Å². The first-order valence-corrected chi connectivity index (χ1v) is 17.8. The summed E-state index contributed by atoms with van der Waals surface area (Å²) >= 11 is 11.9. The molecule has 2 heterocycles. The summed E-state index contributed by atoms with van der Waals surface area (Å²) < 4.78 is 15.7. The van der Waals surface area contributed by atoms with Gasteiger partial charge in [0.25, 0.3) is 5.56 Å². The van der Waals surface area contributed by atoms with Crippen molar-refractivity contribution in [2.45, 2.75) is 19.6 Å². The first-order chi connectivity index (χ1) is 22.8. The molecule has 7 nitrogen and oxygen atoms in total. The maximum Gasteiger partial charge on any atom is 0.338 e. The number of nitriles is 1. The molecular formula is C36H24ClI2N3O4S. The molecule has 234 valence electrons. The van der Waals surface area contributed by atoms with Crippen LogP contribution in [0.1, 0.15) is 40.8 Å². The van der Waals surface area contributed by atoms with Gasteiger partial charge in [-0.2, -0.15) is 5.26 Å². The Morgan fingerprint density at radius 3 is 2.51 bits per heavy atom. The molecule has 0 spiro atoms. The zero-order valence-corrected chi connectivity index (χ0v) is 30.6. The van der Waals surface area contributed by atoms with Crippen molar-refractivity contribution in [2.75, 3.05) is 6.61 Å². The Hall–Kier alpha value is -3.77. The largest absolute Gasteiger partial charge is 0.487 e. The number of ether oxygens (including phenoxy) is 2. The number of esters is 1. The lowest BCUT2D eigenvalue weighted by molar-refractivity contribution is -0.138. The quantitative estimate of drug-likeness (QED) is 0.121. The van der Waals surface area contributed by atoms with Gasteiger partial charge in [-0.3, -0.25) is 9.36 Å². The second-order valence-electron chi connectivity index (χ2n) is 10.3. The monoisotopic (exact) mass is 883 g/mol. The van der Waals surface area contributed by atoms with Crippen LogP contribution in [0.5, 0.6) is 5.75 Å². The Balaban J connectivity index is 1.56. The molecule has 0 saturated heterocycles. The fourth-order valence-corrected chi connectivity index (χ4v) is 8.45. The van der Waals surface area contributed by atoms with Crippen LogP contribution < -0.4 is 19.6 Å². The van der Waals surface area contributed by atoms with Gasteiger partial charge in [-0.05, 0) is 94.1 Å². The van der Waals surface area contributed by atoms with Crippen LogP contribution in [0.25, 0.3) is 11.8 Å². The van der Waals surface area contributed by atoms with Gasteiger partial charge >= 0.3 is 5.97 Å². The third-order valence-corrected chi connectivity index (χ3v) is 10.1. The molecule has 1 aliphatic rings. The third-order valence-electron chi connectivity index (χ3n) is 7.39. The first-order valence-electron chi connectivity index (χ1n) is 14.4. The molecule has 1 aromatic heterocycles. The normalized spacial score (nSPS) is 14.3. The van der Waals surface area contributed by atoms with Gasteiger partial charge in [0, 0.05) is 25.3 Å². The third kappa shape index (κ3) is 6.94. The standard InChI is InChI=1S/C36H24ClI2N3O4S/c1-2-45-35(44)30-31(21-8-4-3-5-9-21)41-36-42(32(30)22-12-14-26(37)15-13-22)34(43)29(47-36)17-25-16-27(38)18-28(39)33(25)46-20-24-11-7-6-10-23(24)19-40/h3-18,32H,2,20H2,1H3/b29-17-/t32-/m0/s1. The Labute approximate surface area is 306 Å². The number of thiazole rings is 1. The van der Waals surface area contributed by atoms with Crippen LogP contribution in [0.4, 0.5) is 0 Å². The predicted molar refractivity (Wildman–Crippen MR) is 200 cm³/mol. The Morgan fingerprint density at radius 2 is 1.79 bits per heavy atom. The minimum Gasteiger partial charge on any atom is -0.487 e. The molecule has 0 aliphatic carbocycles. The molecule has 5 aromatic rings. The first kappa shape index (κ1) is 33.1. The summed E-state index contributed by atoms with van der Waals surface area (Å²) in [6.45, 7) is 2.09. The van der Waals surface area contributed by atoms with Gasteiger partial charge in [-0.15, -0.1) is 0 Å². The van der Waals surface area contributed by atoms with Crippen LogP contribution in [0.3, 0.4) is 0 Å². The highest BCUT2D eigenvalue weighted by Gasteiger charge is 2.35. The van der Waals surface area contributed by atoms with Gasteiger partial charge in [-0.1, -0.05) is 83.6 Å². The maximum absolute atomic E-state index is 14.4. The molecule has 6 rings (SSSR count). The molecule has 0 bridgehead atoms. The van der Waals surface area contributed by atoms with E-state index in [0.29, 0.717) is 42.5 Å². The van der Waals surface area contributed by atoms with E-state index in [0.717, 1.165) is 18.3 Å². The van der Waals surface area contributed by atoms with E-state index in [4.69, 9.17) is 26.1 Å². The number of nitrogens with zero attached hydrogens (tertiary/aromatic N) is 3. The molecule has 0 unspecified atom stereocenters. The number of benzene rings is 4. The molecular weight excluding hydrogens is 860 g/mol. The molecule has 1 atom stereocenters. The number of carbonyl (C=O) groups is 1. The molecule has 0 amide bonds. The van der Waals surface area contributed by atoms with Crippen LogP contribution in [-0.2, 0) is 16.1 Å². The molecule has 0 fully saturated rings. The van der Waals surface area contributed by atoms with Crippen LogP contribution in [0.2, 0.25) is 5.02 Å². The van der Waals surface area contributed by atoms with E-state index >= 15 is 0 Å². The molecule has 1 aliphatic heterocycles. The molecule has 11 heteroatoms. The zero-order valence-electron chi connectivity index (χ0n) is 24.7. The molecule has 4 aromatic carbocycles. The van der Waals surface area contributed by atoms with E-state index in [2.05, 4.69) is 51.3 Å². The van der Waals surface area contributed by atoms with E-state index < -0.39 is 12.0 Å². The van der Waals surface area contributed by atoms with Crippen molar-refractivity contribution >= 4 is 85.9 Å². The van der Waals surface area contributed by atoms with Gasteiger partial charge in [0.2, 0.25) is 0 Å². The van der Waals surface area contributed by atoms with Gasteiger partial charge < -0.3 is 9.47 Å². The maximum atomic E-state index is 14.4. The van der Waals surface area contributed by atoms with Crippen molar-refractivity contribution in [1.82, 2.24) is 4.57 Å². The summed E-state index contributed by atoms with van der Waals surface area (Å²) in [4.78, 5) is 33.4. The van der Waals surface area contributed by atoms with E-state index in [9.17, 15) is 14.9 Å². The van der Waals surface area contributed by atoms with Crippen molar-refractivity contribution in [1.29, 1.82) is 5.26 Å². The lowest BCUT2D eigenvalue weighted by Crippen LogP contribution is -2.40. The topological polar surface area (TPSA) is 93.7 Å². The molecule has 0 N–H and O–H groups in total. The fourth-order valence-electron chi connectivity index (χ4n) is 5.29. The smallest absolute Gasteiger partial charge is 0.338 e. The van der Waals surface area contributed by atoms with Crippen LogP contribution in [0, 0.1) is 18.5 Å². The van der Waals surface area contributed by atoms with Crippen LogP contribution in [0.15, 0.2) is 106 Å². The number of hydrogen-bond acceptors (Lipinski definition) is 7. The summed E-state index contributed by atoms with van der Waals surface area (Å²) in [6, 6.07) is 29.1. The molecule has 0 radical (unpaired) electrons. The highest BCUT2D eigenvalue weighted by atomic mass is 127. The number of rotatable bonds is 8.